The summed E-state index contributed by atoms with van der Waals surface area (Å²) in [4.78, 5) is 16.8. The van der Waals surface area contributed by atoms with Gasteiger partial charge in [-0.2, -0.15) is 0 Å². The molecule has 92 valence electrons. The maximum Gasteiger partial charge on any atom is 0.356 e. The van der Waals surface area contributed by atoms with E-state index in [0.717, 1.165) is 11.3 Å². The summed E-state index contributed by atoms with van der Waals surface area (Å²) in [6.45, 7) is 2.01. The molecule has 0 saturated heterocycles. The van der Waals surface area contributed by atoms with E-state index >= 15 is 0 Å². The SMILES string of the molecule is Cc1ccc(N(C)c2cccnc2C(=O)O)cc1. The molecule has 18 heavy (non-hydrogen) atoms. The molecule has 0 aliphatic carbocycles. The lowest BCUT2D eigenvalue weighted by Crippen LogP contribution is -2.15. The average Bonchev–Trinajstić information content (AvgIpc) is 2.39. The fraction of sp³-hybridized carbons (Fsp3) is 0.143. The van der Waals surface area contributed by atoms with Gasteiger partial charge >= 0.3 is 5.97 Å². The van der Waals surface area contributed by atoms with Gasteiger partial charge in [-0.3, -0.25) is 0 Å². The molecule has 0 amide bonds. The first-order valence-corrected chi connectivity index (χ1v) is 5.58. The smallest absolute Gasteiger partial charge is 0.356 e. The van der Waals surface area contributed by atoms with E-state index in [1.165, 1.54) is 6.20 Å². The predicted molar refractivity (Wildman–Crippen MR) is 70.4 cm³/mol. The highest BCUT2D eigenvalue weighted by Gasteiger charge is 2.15. The minimum atomic E-state index is -1.02. The number of rotatable bonds is 3. The number of carboxylic acids is 1. The predicted octanol–water partition coefficient (Wildman–Crippen LogP) is 2.86. The number of pyridine rings is 1. The maximum atomic E-state index is 11.1. The third-order valence-electron chi connectivity index (χ3n) is 2.77. The van der Waals surface area contributed by atoms with Gasteiger partial charge in [0.2, 0.25) is 0 Å². The number of carboxylic acid groups (broad SMARTS) is 1. The van der Waals surface area contributed by atoms with Gasteiger partial charge in [-0.15, -0.1) is 0 Å². The van der Waals surface area contributed by atoms with E-state index in [0.29, 0.717) is 5.69 Å². The Morgan fingerprint density at radius 1 is 1.22 bits per heavy atom. The van der Waals surface area contributed by atoms with Crippen molar-refractivity contribution in [3.63, 3.8) is 0 Å². The van der Waals surface area contributed by atoms with Gasteiger partial charge in [0.15, 0.2) is 5.69 Å². The van der Waals surface area contributed by atoms with E-state index in [1.807, 2.05) is 43.1 Å². The summed E-state index contributed by atoms with van der Waals surface area (Å²) in [5.74, 6) is -1.02. The van der Waals surface area contributed by atoms with Gasteiger partial charge in [-0.1, -0.05) is 17.7 Å². The normalized spacial score (nSPS) is 10.1. The average molecular weight is 242 g/mol. The number of carbonyl (C=O) groups is 1. The second kappa shape index (κ2) is 4.87. The molecule has 1 N–H and O–H groups in total. The van der Waals surface area contributed by atoms with E-state index in [1.54, 1.807) is 12.1 Å². The number of aryl methyl sites for hydroxylation is 1. The van der Waals surface area contributed by atoms with E-state index in [9.17, 15) is 4.79 Å². The maximum absolute atomic E-state index is 11.1. The van der Waals surface area contributed by atoms with Crippen molar-refractivity contribution in [2.45, 2.75) is 6.92 Å². The van der Waals surface area contributed by atoms with Crippen LogP contribution in [0.5, 0.6) is 0 Å². The first-order chi connectivity index (χ1) is 8.59. The van der Waals surface area contributed by atoms with E-state index in [4.69, 9.17) is 5.11 Å². The highest BCUT2D eigenvalue weighted by atomic mass is 16.4. The zero-order chi connectivity index (χ0) is 13.1. The molecule has 0 bridgehead atoms. The molecule has 1 aromatic carbocycles. The second-order valence-electron chi connectivity index (χ2n) is 4.07. The van der Waals surface area contributed by atoms with Crippen molar-refractivity contribution < 1.29 is 9.90 Å². The Balaban J connectivity index is 2.42. The molecule has 0 aliphatic rings. The van der Waals surface area contributed by atoms with Crippen molar-refractivity contribution in [3.8, 4) is 0 Å². The van der Waals surface area contributed by atoms with Gasteiger partial charge in [0.1, 0.15) is 0 Å². The van der Waals surface area contributed by atoms with Crippen LogP contribution < -0.4 is 4.90 Å². The van der Waals surface area contributed by atoms with Gasteiger partial charge in [-0.25, -0.2) is 9.78 Å². The van der Waals surface area contributed by atoms with Crippen molar-refractivity contribution in [1.29, 1.82) is 0 Å². The van der Waals surface area contributed by atoms with Gasteiger partial charge in [-0.05, 0) is 31.2 Å². The minimum absolute atomic E-state index is 0.0561. The molecule has 2 rings (SSSR count). The van der Waals surface area contributed by atoms with Crippen molar-refractivity contribution in [1.82, 2.24) is 4.98 Å². The largest absolute Gasteiger partial charge is 0.476 e. The minimum Gasteiger partial charge on any atom is -0.476 e. The third kappa shape index (κ3) is 2.32. The van der Waals surface area contributed by atoms with Crippen LogP contribution in [-0.2, 0) is 0 Å². The summed E-state index contributed by atoms with van der Waals surface area (Å²) < 4.78 is 0. The van der Waals surface area contributed by atoms with Crippen LogP contribution >= 0.6 is 0 Å². The van der Waals surface area contributed by atoms with Crippen LogP contribution in [0.2, 0.25) is 0 Å². The number of nitrogens with zero attached hydrogens (tertiary/aromatic N) is 2. The van der Waals surface area contributed by atoms with Gasteiger partial charge < -0.3 is 10.0 Å². The van der Waals surface area contributed by atoms with E-state index < -0.39 is 5.97 Å². The lowest BCUT2D eigenvalue weighted by molar-refractivity contribution is 0.0691. The molecule has 0 saturated carbocycles. The Morgan fingerprint density at radius 3 is 2.50 bits per heavy atom. The summed E-state index contributed by atoms with van der Waals surface area (Å²) in [6, 6.07) is 11.4. The molecule has 1 heterocycles. The topological polar surface area (TPSA) is 53.4 Å². The van der Waals surface area contributed by atoms with Crippen LogP contribution in [0, 0.1) is 6.92 Å². The first kappa shape index (κ1) is 12.1. The zero-order valence-corrected chi connectivity index (χ0v) is 10.3. The number of benzene rings is 1. The van der Waals surface area contributed by atoms with Crippen molar-refractivity contribution >= 4 is 17.3 Å². The van der Waals surface area contributed by atoms with E-state index in [-0.39, 0.29) is 5.69 Å². The summed E-state index contributed by atoms with van der Waals surface area (Å²) in [6.07, 6.45) is 1.48. The monoisotopic (exact) mass is 242 g/mol. The second-order valence-corrected chi connectivity index (χ2v) is 4.07. The molecule has 0 aliphatic heterocycles. The molecule has 0 unspecified atom stereocenters. The molecule has 1 aromatic heterocycles. The number of hydrogen-bond acceptors (Lipinski definition) is 3. The summed E-state index contributed by atoms with van der Waals surface area (Å²) in [5.41, 5.74) is 2.72. The van der Waals surface area contributed by atoms with Crippen LogP contribution in [0.25, 0.3) is 0 Å². The lowest BCUT2D eigenvalue weighted by atomic mass is 10.2. The standard InChI is InChI=1S/C14H14N2O2/c1-10-5-7-11(8-6-10)16(2)12-4-3-9-15-13(12)14(17)18/h3-9H,1-2H3,(H,17,18). The summed E-state index contributed by atoms with van der Waals surface area (Å²) >= 11 is 0. The van der Waals surface area contributed by atoms with Gasteiger partial charge in [0, 0.05) is 18.9 Å². The Bertz CT molecular complexity index is 564. The third-order valence-corrected chi connectivity index (χ3v) is 2.77. The van der Waals surface area contributed by atoms with Gasteiger partial charge in [0.25, 0.3) is 0 Å². The Hall–Kier alpha value is -2.36. The highest BCUT2D eigenvalue weighted by Crippen LogP contribution is 2.25. The summed E-state index contributed by atoms with van der Waals surface area (Å²) in [5, 5.41) is 9.12. The Kier molecular flexibility index (Phi) is 3.28. The van der Waals surface area contributed by atoms with Gasteiger partial charge in [0.05, 0.1) is 5.69 Å². The fourth-order valence-corrected chi connectivity index (χ4v) is 1.74. The molecule has 0 fully saturated rings. The molecular formula is C14H14N2O2. The van der Waals surface area contributed by atoms with Crippen molar-refractivity contribution in [2.75, 3.05) is 11.9 Å². The van der Waals surface area contributed by atoms with Crippen LogP contribution in [0.3, 0.4) is 0 Å². The molecule has 4 nitrogen and oxygen atoms in total. The number of aromatic nitrogens is 1. The number of hydrogen-bond donors (Lipinski definition) is 1. The van der Waals surface area contributed by atoms with Crippen molar-refractivity contribution in [2.24, 2.45) is 0 Å². The molecule has 2 aromatic rings. The van der Waals surface area contributed by atoms with Crippen LogP contribution in [-0.4, -0.2) is 23.1 Å². The number of aromatic carboxylic acids is 1. The van der Waals surface area contributed by atoms with Crippen LogP contribution in [0.15, 0.2) is 42.6 Å². The highest BCUT2D eigenvalue weighted by molar-refractivity contribution is 5.93. The summed E-state index contributed by atoms with van der Waals surface area (Å²) in [7, 11) is 1.83. The molecule has 0 atom stereocenters. The van der Waals surface area contributed by atoms with Crippen LogP contribution in [0.4, 0.5) is 11.4 Å². The lowest BCUT2D eigenvalue weighted by Gasteiger charge is -2.20. The Labute approximate surface area is 106 Å². The zero-order valence-electron chi connectivity index (χ0n) is 10.3. The fourth-order valence-electron chi connectivity index (χ4n) is 1.74. The molecule has 4 heteroatoms. The molecule has 0 spiro atoms. The quantitative estimate of drug-likeness (QED) is 0.899. The molecular weight excluding hydrogens is 228 g/mol. The van der Waals surface area contributed by atoms with Crippen LogP contribution in [0.1, 0.15) is 16.1 Å². The molecule has 0 radical (unpaired) electrons. The van der Waals surface area contributed by atoms with E-state index in [2.05, 4.69) is 4.98 Å². The Morgan fingerprint density at radius 2 is 1.89 bits per heavy atom. The first-order valence-electron chi connectivity index (χ1n) is 5.58. The van der Waals surface area contributed by atoms with Crippen molar-refractivity contribution in [3.05, 3.63) is 53.9 Å². The number of anilines is 2.